The van der Waals surface area contributed by atoms with Crippen LogP contribution in [0.15, 0.2) is 79.0 Å². The van der Waals surface area contributed by atoms with Gasteiger partial charge in [0.1, 0.15) is 0 Å². The van der Waals surface area contributed by atoms with Gasteiger partial charge < -0.3 is 14.8 Å². The molecule has 1 aliphatic rings. The van der Waals surface area contributed by atoms with Crippen LogP contribution >= 0.6 is 0 Å². The van der Waals surface area contributed by atoms with Crippen LogP contribution in [0.2, 0.25) is 0 Å². The predicted molar refractivity (Wildman–Crippen MR) is 153 cm³/mol. The lowest BCUT2D eigenvalue weighted by molar-refractivity contribution is -0.143. The van der Waals surface area contributed by atoms with Crippen molar-refractivity contribution in [1.82, 2.24) is 19.7 Å². The SMILES string of the molecule is CN(CC(=O)N1CCN(C(=O)c2cc(C(F)(F)F)cc(C(F)(F)F)c2)[C@H](Cc2c[nH]c3ccccc23)C1)Cc1ccccc1. The van der Waals surface area contributed by atoms with E-state index in [1.54, 1.807) is 18.1 Å². The lowest BCUT2D eigenvalue weighted by atomic mass is 9.98. The van der Waals surface area contributed by atoms with Crippen LogP contribution in [0.5, 0.6) is 0 Å². The average Bonchev–Trinajstić information content (AvgIpc) is 3.38. The number of aromatic nitrogens is 1. The van der Waals surface area contributed by atoms with Crippen LogP contribution in [0.4, 0.5) is 26.3 Å². The summed E-state index contributed by atoms with van der Waals surface area (Å²) in [6.45, 7) is 0.706. The van der Waals surface area contributed by atoms with Gasteiger partial charge in [0.25, 0.3) is 5.91 Å². The fourth-order valence-electron chi connectivity index (χ4n) is 5.60. The number of likely N-dealkylation sites (N-methyl/N-ethyl adjacent to an activating group) is 1. The number of rotatable bonds is 7. The van der Waals surface area contributed by atoms with Gasteiger partial charge in [-0.2, -0.15) is 26.3 Å². The van der Waals surface area contributed by atoms with E-state index < -0.39 is 41.0 Å². The second-order valence-corrected chi connectivity index (χ2v) is 11.0. The van der Waals surface area contributed by atoms with E-state index in [9.17, 15) is 35.9 Å². The van der Waals surface area contributed by atoms with E-state index in [4.69, 9.17) is 0 Å². The molecule has 1 saturated heterocycles. The first-order valence-corrected chi connectivity index (χ1v) is 14.0. The van der Waals surface area contributed by atoms with Crippen molar-refractivity contribution in [2.24, 2.45) is 0 Å². The molecule has 232 valence electrons. The summed E-state index contributed by atoms with van der Waals surface area (Å²) in [5.41, 5.74) is -1.16. The molecule has 12 heteroatoms. The molecule has 0 aliphatic carbocycles. The van der Waals surface area contributed by atoms with Crippen molar-refractivity contribution in [2.45, 2.75) is 31.4 Å². The van der Waals surface area contributed by atoms with E-state index in [0.717, 1.165) is 22.0 Å². The Hall–Kier alpha value is -4.32. The summed E-state index contributed by atoms with van der Waals surface area (Å²) >= 11 is 0. The van der Waals surface area contributed by atoms with Crippen LogP contribution in [-0.2, 0) is 30.1 Å². The Kier molecular flexibility index (Phi) is 8.73. The molecular weight excluding hydrogens is 586 g/mol. The van der Waals surface area contributed by atoms with Crippen molar-refractivity contribution in [3.63, 3.8) is 0 Å². The van der Waals surface area contributed by atoms with Crippen molar-refractivity contribution >= 4 is 22.7 Å². The van der Waals surface area contributed by atoms with E-state index in [0.29, 0.717) is 18.7 Å². The number of nitrogens with one attached hydrogen (secondary N) is 1. The zero-order chi connectivity index (χ0) is 31.6. The molecule has 44 heavy (non-hydrogen) atoms. The predicted octanol–water partition coefficient (Wildman–Crippen LogP) is 6.23. The van der Waals surface area contributed by atoms with E-state index in [1.807, 2.05) is 59.5 Å². The van der Waals surface area contributed by atoms with Crippen LogP contribution in [0.25, 0.3) is 10.9 Å². The normalized spacial score (nSPS) is 16.1. The zero-order valence-corrected chi connectivity index (χ0v) is 23.8. The third-order valence-electron chi connectivity index (χ3n) is 7.76. The lowest BCUT2D eigenvalue weighted by Crippen LogP contribution is -2.58. The van der Waals surface area contributed by atoms with E-state index in [-0.39, 0.29) is 44.6 Å². The van der Waals surface area contributed by atoms with Crippen LogP contribution in [0, 0.1) is 0 Å². The highest BCUT2D eigenvalue weighted by Crippen LogP contribution is 2.37. The molecule has 1 aromatic heterocycles. The van der Waals surface area contributed by atoms with Crippen molar-refractivity contribution in [3.8, 4) is 0 Å². The van der Waals surface area contributed by atoms with Crippen LogP contribution in [0.3, 0.4) is 0 Å². The number of carbonyl (C=O) groups is 2. The van der Waals surface area contributed by atoms with Gasteiger partial charge in [-0.1, -0.05) is 48.5 Å². The van der Waals surface area contributed by atoms with Gasteiger partial charge in [-0.05, 0) is 48.9 Å². The summed E-state index contributed by atoms with van der Waals surface area (Å²) in [6, 6.07) is 17.2. The number of fused-ring (bicyclic) bond motifs is 1. The molecule has 0 unspecified atom stereocenters. The summed E-state index contributed by atoms with van der Waals surface area (Å²) in [4.78, 5) is 34.9. The Balaban J connectivity index is 1.42. The van der Waals surface area contributed by atoms with Gasteiger partial charge in [0.2, 0.25) is 5.91 Å². The summed E-state index contributed by atoms with van der Waals surface area (Å²) in [5, 5.41) is 0.865. The Labute approximate surface area is 249 Å². The second-order valence-electron chi connectivity index (χ2n) is 11.0. The summed E-state index contributed by atoms with van der Waals surface area (Å²) in [6.07, 6.45) is -8.19. The fourth-order valence-corrected chi connectivity index (χ4v) is 5.60. The highest BCUT2D eigenvalue weighted by molar-refractivity contribution is 5.95. The standard InChI is InChI=1S/C32H30F6N4O2/c1-40(18-21-7-3-2-4-8-21)20-29(43)41-11-12-42(26(19-41)15-23-17-39-28-10-6-5-9-27(23)28)30(44)22-13-24(31(33,34)35)16-25(14-22)32(36,37)38/h2-10,13-14,16-17,26,39H,11-12,15,18-20H2,1H3/t26-/m1/s1. The van der Waals surface area contributed by atoms with Crippen molar-refractivity contribution in [3.05, 3.63) is 107 Å². The molecule has 0 bridgehead atoms. The molecule has 2 amide bonds. The second kappa shape index (κ2) is 12.4. The van der Waals surface area contributed by atoms with Crippen LogP contribution in [-0.4, -0.2) is 70.8 Å². The molecule has 1 aliphatic heterocycles. The Bertz CT molecular complexity index is 1600. The summed E-state index contributed by atoms with van der Waals surface area (Å²) in [5.74, 6) is -1.15. The lowest BCUT2D eigenvalue weighted by Gasteiger charge is -2.42. The Morgan fingerprint density at radius 3 is 2.18 bits per heavy atom. The molecule has 4 aromatic rings. The molecule has 1 atom stereocenters. The molecule has 2 heterocycles. The number of nitrogens with zero attached hydrogens (tertiary/aromatic N) is 3. The number of H-pyrrole nitrogens is 1. The largest absolute Gasteiger partial charge is 0.416 e. The van der Waals surface area contributed by atoms with Crippen LogP contribution in [0.1, 0.15) is 32.6 Å². The van der Waals surface area contributed by atoms with Gasteiger partial charge in [0, 0.05) is 48.8 Å². The number of piperazine rings is 1. The number of aromatic amines is 1. The molecule has 0 spiro atoms. The van der Waals surface area contributed by atoms with Crippen molar-refractivity contribution in [2.75, 3.05) is 33.2 Å². The van der Waals surface area contributed by atoms with Gasteiger partial charge in [0.05, 0.1) is 23.7 Å². The topological polar surface area (TPSA) is 59.7 Å². The smallest absolute Gasteiger partial charge is 0.361 e. The summed E-state index contributed by atoms with van der Waals surface area (Å²) in [7, 11) is 1.81. The van der Waals surface area contributed by atoms with E-state index in [2.05, 4.69) is 4.98 Å². The average molecular weight is 617 g/mol. The molecule has 6 nitrogen and oxygen atoms in total. The van der Waals surface area contributed by atoms with Crippen LogP contribution < -0.4 is 0 Å². The maximum Gasteiger partial charge on any atom is 0.416 e. The van der Waals surface area contributed by atoms with Gasteiger partial charge in [-0.15, -0.1) is 0 Å². The third-order valence-corrected chi connectivity index (χ3v) is 7.76. The zero-order valence-electron chi connectivity index (χ0n) is 23.8. The number of halogens is 6. The first kappa shape index (κ1) is 31.1. The minimum absolute atomic E-state index is 0.00273. The number of para-hydroxylation sites is 1. The monoisotopic (exact) mass is 616 g/mol. The van der Waals surface area contributed by atoms with Crippen molar-refractivity contribution in [1.29, 1.82) is 0 Å². The van der Waals surface area contributed by atoms with Gasteiger partial charge in [-0.25, -0.2) is 0 Å². The van der Waals surface area contributed by atoms with Gasteiger partial charge >= 0.3 is 12.4 Å². The minimum atomic E-state index is -5.09. The van der Waals surface area contributed by atoms with Gasteiger partial charge in [0.15, 0.2) is 0 Å². The molecule has 1 N–H and O–H groups in total. The minimum Gasteiger partial charge on any atom is -0.361 e. The maximum atomic E-state index is 13.7. The highest BCUT2D eigenvalue weighted by Gasteiger charge is 2.39. The number of amides is 2. The van der Waals surface area contributed by atoms with Gasteiger partial charge in [-0.3, -0.25) is 14.5 Å². The molecular formula is C32H30F6N4O2. The summed E-state index contributed by atoms with van der Waals surface area (Å²) < 4.78 is 81.3. The Morgan fingerprint density at radius 1 is 0.886 bits per heavy atom. The quantitative estimate of drug-likeness (QED) is 0.251. The van der Waals surface area contributed by atoms with Crippen molar-refractivity contribution < 1.29 is 35.9 Å². The number of hydrogen-bond donors (Lipinski definition) is 1. The fraction of sp³-hybridized carbons (Fsp3) is 0.312. The highest BCUT2D eigenvalue weighted by atomic mass is 19.4. The molecule has 0 radical (unpaired) electrons. The first-order valence-electron chi connectivity index (χ1n) is 14.0. The van der Waals surface area contributed by atoms with E-state index in [1.165, 1.54) is 4.90 Å². The third kappa shape index (κ3) is 7.07. The Morgan fingerprint density at radius 2 is 1.52 bits per heavy atom. The molecule has 3 aromatic carbocycles. The molecule has 5 rings (SSSR count). The number of hydrogen-bond acceptors (Lipinski definition) is 3. The first-order chi connectivity index (χ1) is 20.8. The number of carbonyl (C=O) groups excluding carboxylic acids is 2. The maximum absolute atomic E-state index is 13.7. The molecule has 1 fully saturated rings. The molecule has 0 saturated carbocycles. The number of benzene rings is 3. The number of alkyl halides is 6. The van der Waals surface area contributed by atoms with E-state index >= 15 is 0 Å².